The number of amides is 1. The van der Waals surface area contributed by atoms with Gasteiger partial charge in [0, 0.05) is 23.5 Å². The van der Waals surface area contributed by atoms with Crippen LogP contribution in [0, 0.1) is 18.3 Å². The fourth-order valence-electron chi connectivity index (χ4n) is 4.43. The van der Waals surface area contributed by atoms with Crippen molar-refractivity contribution >= 4 is 17.3 Å². The molecule has 0 atom stereocenters. The number of hydrogen-bond donors (Lipinski definition) is 3. The quantitative estimate of drug-likeness (QED) is 0.750. The van der Waals surface area contributed by atoms with E-state index in [1.54, 1.807) is 12.1 Å². The molecular formula is C18H27N3O. The van der Waals surface area contributed by atoms with Gasteiger partial charge in [-0.1, -0.05) is 25.7 Å². The number of benzene rings is 1. The zero-order chi connectivity index (χ0) is 15.7. The molecule has 4 nitrogen and oxygen atoms in total. The summed E-state index contributed by atoms with van der Waals surface area (Å²) in [5, 5.41) is 3.16. The second-order valence-corrected chi connectivity index (χ2v) is 7.32. The van der Waals surface area contributed by atoms with Gasteiger partial charge in [-0.3, -0.25) is 4.79 Å². The number of nitrogen functional groups attached to an aromatic ring is 2. The average molecular weight is 301 g/mol. The minimum atomic E-state index is -0.0430. The molecule has 3 rings (SSSR count). The van der Waals surface area contributed by atoms with Gasteiger partial charge in [0.15, 0.2) is 0 Å². The number of rotatable bonds is 3. The molecule has 1 aromatic carbocycles. The number of fused-ring (bicyclic) bond motifs is 2. The van der Waals surface area contributed by atoms with Gasteiger partial charge in [-0.2, -0.15) is 0 Å². The number of hydrogen-bond acceptors (Lipinski definition) is 3. The first-order valence-electron chi connectivity index (χ1n) is 8.43. The first kappa shape index (κ1) is 15.2. The van der Waals surface area contributed by atoms with Crippen LogP contribution in [0.3, 0.4) is 0 Å². The van der Waals surface area contributed by atoms with Crippen molar-refractivity contribution < 1.29 is 4.79 Å². The number of carbonyl (C=O) groups excluding carboxylic acids is 1. The Hall–Kier alpha value is -1.71. The van der Waals surface area contributed by atoms with Gasteiger partial charge in [0.2, 0.25) is 0 Å². The van der Waals surface area contributed by atoms with Gasteiger partial charge in [-0.15, -0.1) is 0 Å². The van der Waals surface area contributed by atoms with Crippen LogP contribution in [0.25, 0.3) is 0 Å². The summed E-state index contributed by atoms with van der Waals surface area (Å²) in [5.74, 6) is 0.836. The molecular weight excluding hydrogens is 274 g/mol. The fourth-order valence-corrected chi connectivity index (χ4v) is 4.43. The second kappa shape index (κ2) is 5.82. The maximum Gasteiger partial charge on any atom is 0.251 e. The third kappa shape index (κ3) is 2.92. The van der Waals surface area contributed by atoms with Gasteiger partial charge in [-0.25, -0.2) is 0 Å². The highest BCUT2D eigenvalue weighted by molar-refractivity contribution is 5.98. The molecule has 5 N–H and O–H groups in total. The predicted octanol–water partition coefficient (Wildman–Crippen LogP) is 3.25. The van der Waals surface area contributed by atoms with Crippen LogP contribution in [0.5, 0.6) is 0 Å². The second-order valence-electron chi connectivity index (χ2n) is 7.32. The topological polar surface area (TPSA) is 81.1 Å². The Balaban J connectivity index is 1.70. The molecule has 120 valence electrons. The summed E-state index contributed by atoms with van der Waals surface area (Å²) in [6, 6.07) is 3.43. The third-order valence-corrected chi connectivity index (χ3v) is 5.70. The minimum absolute atomic E-state index is 0.0430. The summed E-state index contributed by atoms with van der Waals surface area (Å²) in [7, 11) is 0. The first-order valence-corrected chi connectivity index (χ1v) is 8.43. The normalized spacial score (nSPS) is 27.4. The standard InChI is InChI=1S/C18H27N3O/c1-12-15(8-14(19)9-16(12)20)17(22)21-11-18-6-2-4-13(10-18)5-3-7-18/h8-9,13H,2-7,10-11,19-20H2,1H3,(H,21,22). The van der Waals surface area contributed by atoms with E-state index in [0.29, 0.717) is 22.4 Å². The average Bonchev–Trinajstić information content (AvgIpc) is 2.49. The maximum atomic E-state index is 12.5. The molecule has 2 aliphatic rings. The lowest BCUT2D eigenvalue weighted by Crippen LogP contribution is -2.43. The van der Waals surface area contributed by atoms with E-state index in [1.807, 2.05) is 6.92 Å². The van der Waals surface area contributed by atoms with Crippen molar-refractivity contribution in [2.75, 3.05) is 18.0 Å². The SMILES string of the molecule is Cc1c(N)cc(N)cc1C(=O)NCC12CCCC(CCC1)C2. The highest BCUT2D eigenvalue weighted by Gasteiger charge is 2.39. The molecule has 0 radical (unpaired) electrons. The van der Waals surface area contributed by atoms with Crippen LogP contribution in [-0.2, 0) is 0 Å². The van der Waals surface area contributed by atoms with E-state index in [0.717, 1.165) is 18.0 Å². The summed E-state index contributed by atoms with van der Waals surface area (Å²) in [5.41, 5.74) is 14.6. The lowest BCUT2D eigenvalue weighted by Gasteiger charge is -2.45. The van der Waals surface area contributed by atoms with Crippen LogP contribution in [-0.4, -0.2) is 12.5 Å². The van der Waals surface area contributed by atoms with E-state index in [9.17, 15) is 4.79 Å². The van der Waals surface area contributed by atoms with Crippen LogP contribution in [0.4, 0.5) is 11.4 Å². The number of anilines is 2. The smallest absolute Gasteiger partial charge is 0.251 e. The molecule has 0 spiro atoms. The molecule has 1 amide bonds. The Kier molecular flexibility index (Phi) is 4.02. The number of carbonyl (C=O) groups is 1. The Labute approximate surface area is 132 Å². The van der Waals surface area contributed by atoms with Crippen molar-refractivity contribution in [3.8, 4) is 0 Å². The maximum absolute atomic E-state index is 12.5. The molecule has 2 fully saturated rings. The molecule has 0 unspecified atom stereocenters. The van der Waals surface area contributed by atoms with Crippen molar-refractivity contribution in [3.05, 3.63) is 23.3 Å². The molecule has 2 bridgehead atoms. The lowest BCUT2D eigenvalue weighted by molar-refractivity contribution is 0.0681. The van der Waals surface area contributed by atoms with E-state index in [4.69, 9.17) is 11.5 Å². The molecule has 0 heterocycles. The van der Waals surface area contributed by atoms with Crippen molar-refractivity contribution in [2.24, 2.45) is 11.3 Å². The molecule has 4 heteroatoms. The van der Waals surface area contributed by atoms with Crippen molar-refractivity contribution in [3.63, 3.8) is 0 Å². The zero-order valence-corrected chi connectivity index (χ0v) is 13.5. The van der Waals surface area contributed by atoms with Crippen molar-refractivity contribution in [1.29, 1.82) is 0 Å². The lowest BCUT2D eigenvalue weighted by atomic mass is 9.62. The molecule has 22 heavy (non-hydrogen) atoms. The van der Waals surface area contributed by atoms with E-state index >= 15 is 0 Å². The zero-order valence-electron chi connectivity index (χ0n) is 13.5. The van der Waals surface area contributed by atoms with Crippen LogP contribution in [0.15, 0.2) is 12.1 Å². The van der Waals surface area contributed by atoms with Gasteiger partial charge < -0.3 is 16.8 Å². The summed E-state index contributed by atoms with van der Waals surface area (Å²) >= 11 is 0. The summed E-state index contributed by atoms with van der Waals surface area (Å²) < 4.78 is 0. The van der Waals surface area contributed by atoms with Crippen molar-refractivity contribution in [1.82, 2.24) is 5.32 Å². The highest BCUT2D eigenvalue weighted by atomic mass is 16.1. The van der Waals surface area contributed by atoms with Gasteiger partial charge in [0.25, 0.3) is 5.91 Å². The van der Waals surface area contributed by atoms with Crippen LogP contribution < -0.4 is 16.8 Å². The monoisotopic (exact) mass is 301 g/mol. The van der Waals surface area contributed by atoms with Gasteiger partial charge in [0.1, 0.15) is 0 Å². The summed E-state index contributed by atoms with van der Waals surface area (Å²) in [6.45, 7) is 2.66. The van der Waals surface area contributed by atoms with Gasteiger partial charge >= 0.3 is 0 Å². The van der Waals surface area contributed by atoms with E-state index in [1.165, 1.54) is 44.9 Å². The van der Waals surface area contributed by atoms with E-state index < -0.39 is 0 Å². The predicted molar refractivity (Wildman–Crippen MR) is 90.6 cm³/mol. The Morgan fingerprint density at radius 3 is 2.64 bits per heavy atom. The first-order chi connectivity index (χ1) is 10.5. The fraction of sp³-hybridized carbons (Fsp3) is 0.611. The molecule has 0 aliphatic heterocycles. The largest absolute Gasteiger partial charge is 0.399 e. The molecule has 0 saturated heterocycles. The number of nitrogens with two attached hydrogens (primary N) is 2. The van der Waals surface area contributed by atoms with E-state index in [2.05, 4.69) is 5.32 Å². The minimum Gasteiger partial charge on any atom is -0.399 e. The van der Waals surface area contributed by atoms with Crippen molar-refractivity contribution in [2.45, 2.75) is 51.9 Å². The van der Waals surface area contributed by atoms with Crippen LogP contribution in [0.1, 0.15) is 60.9 Å². The summed E-state index contributed by atoms with van der Waals surface area (Å²) in [4.78, 5) is 12.5. The Morgan fingerprint density at radius 1 is 1.27 bits per heavy atom. The molecule has 2 saturated carbocycles. The Bertz CT molecular complexity index is 572. The number of nitrogens with one attached hydrogen (secondary N) is 1. The van der Waals surface area contributed by atoms with Crippen LogP contribution >= 0.6 is 0 Å². The Morgan fingerprint density at radius 2 is 1.95 bits per heavy atom. The van der Waals surface area contributed by atoms with Gasteiger partial charge in [-0.05, 0) is 55.2 Å². The highest BCUT2D eigenvalue weighted by Crippen LogP contribution is 2.48. The molecule has 0 aromatic heterocycles. The van der Waals surface area contributed by atoms with E-state index in [-0.39, 0.29) is 5.91 Å². The summed E-state index contributed by atoms with van der Waals surface area (Å²) in [6.07, 6.45) is 9.16. The molecule has 1 aromatic rings. The molecule has 2 aliphatic carbocycles. The third-order valence-electron chi connectivity index (χ3n) is 5.70. The van der Waals surface area contributed by atoms with Gasteiger partial charge in [0.05, 0.1) is 0 Å². The van der Waals surface area contributed by atoms with Crippen LogP contribution in [0.2, 0.25) is 0 Å².